The van der Waals surface area contributed by atoms with Gasteiger partial charge in [0.15, 0.2) is 5.75 Å². The van der Waals surface area contributed by atoms with E-state index >= 15 is 0 Å². The molecule has 0 fully saturated rings. The molecule has 0 spiro atoms. The zero-order valence-electron chi connectivity index (χ0n) is 15.7. The van der Waals surface area contributed by atoms with Gasteiger partial charge in [0.1, 0.15) is 4.90 Å². The van der Waals surface area contributed by atoms with Crippen LogP contribution in [0.4, 0.5) is 0 Å². The maximum atomic E-state index is 12.7. The first-order chi connectivity index (χ1) is 14.6. The second kappa shape index (κ2) is 9.39. The number of carbonyl (C=O) groups is 1. The minimum Gasteiger partial charge on any atom is -0.461 e. The van der Waals surface area contributed by atoms with Crippen molar-refractivity contribution >= 4 is 55.2 Å². The van der Waals surface area contributed by atoms with Gasteiger partial charge in [-0.25, -0.2) is 4.79 Å². The third-order valence-electron chi connectivity index (χ3n) is 3.80. The predicted molar refractivity (Wildman–Crippen MR) is 118 cm³/mol. The summed E-state index contributed by atoms with van der Waals surface area (Å²) in [5.74, 6) is -1.55. The molecule has 162 valence electrons. The maximum absolute atomic E-state index is 12.7. The highest BCUT2D eigenvalue weighted by atomic mass is 79.9. The molecule has 0 bridgehead atoms. The Labute approximate surface area is 195 Å². The molecule has 31 heavy (non-hydrogen) atoms. The topological polar surface area (TPSA) is 105 Å². The fourth-order valence-corrected chi connectivity index (χ4v) is 4.14. The molecule has 8 nitrogen and oxygen atoms in total. The summed E-state index contributed by atoms with van der Waals surface area (Å²) >= 11 is 15.0. The number of nitrogens with zero attached hydrogens (tertiary/aromatic N) is 2. The maximum Gasteiger partial charge on any atom is 0.362 e. The molecule has 1 heterocycles. The SMILES string of the molecule is CCOC(=O)c1nn(-c2cccc(Br)c2)c(=O)cc1OS(=O)(=O)c1ccc(Cl)c(Cl)c1. The number of hydrogen-bond donors (Lipinski definition) is 0. The van der Waals surface area contributed by atoms with Gasteiger partial charge in [0.25, 0.3) is 5.56 Å². The smallest absolute Gasteiger partial charge is 0.362 e. The summed E-state index contributed by atoms with van der Waals surface area (Å²) in [4.78, 5) is 24.7. The molecule has 0 aliphatic carbocycles. The van der Waals surface area contributed by atoms with Crippen LogP contribution in [0, 0.1) is 0 Å². The Hall–Kier alpha value is -2.40. The van der Waals surface area contributed by atoms with E-state index in [0.29, 0.717) is 10.2 Å². The van der Waals surface area contributed by atoms with Gasteiger partial charge in [-0.15, -0.1) is 0 Å². The van der Waals surface area contributed by atoms with Crippen molar-refractivity contribution in [3.05, 3.63) is 79.1 Å². The summed E-state index contributed by atoms with van der Waals surface area (Å²) in [5.41, 5.74) is -0.889. The van der Waals surface area contributed by atoms with Gasteiger partial charge in [0, 0.05) is 4.47 Å². The van der Waals surface area contributed by atoms with Gasteiger partial charge in [-0.1, -0.05) is 45.2 Å². The van der Waals surface area contributed by atoms with Crippen LogP contribution in [0.15, 0.2) is 62.7 Å². The Kier molecular flexibility index (Phi) is 7.05. The molecule has 0 saturated heterocycles. The van der Waals surface area contributed by atoms with Crippen LogP contribution in [0.25, 0.3) is 5.69 Å². The van der Waals surface area contributed by atoms with Crippen LogP contribution in [0.5, 0.6) is 5.75 Å². The second-order valence-electron chi connectivity index (χ2n) is 5.92. The van der Waals surface area contributed by atoms with Crippen molar-refractivity contribution in [1.82, 2.24) is 9.78 Å². The molecule has 0 aliphatic heterocycles. The van der Waals surface area contributed by atoms with Crippen LogP contribution in [0.2, 0.25) is 10.0 Å². The largest absolute Gasteiger partial charge is 0.461 e. The van der Waals surface area contributed by atoms with Gasteiger partial charge >= 0.3 is 16.1 Å². The fourth-order valence-electron chi connectivity index (χ4n) is 2.44. The molecular formula is C19H13BrCl2N2O6S. The van der Waals surface area contributed by atoms with Crippen molar-refractivity contribution < 1.29 is 22.1 Å². The molecule has 0 atom stereocenters. The van der Waals surface area contributed by atoms with Crippen LogP contribution in [0.3, 0.4) is 0 Å². The van der Waals surface area contributed by atoms with Crippen molar-refractivity contribution in [2.45, 2.75) is 11.8 Å². The van der Waals surface area contributed by atoms with Crippen molar-refractivity contribution in [1.29, 1.82) is 0 Å². The van der Waals surface area contributed by atoms with E-state index in [1.165, 1.54) is 12.1 Å². The first-order valence-electron chi connectivity index (χ1n) is 8.59. The molecule has 1 aromatic heterocycles. The summed E-state index contributed by atoms with van der Waals surface area (Å²) < 4.78 is 37.0. The summed E-state index contributed by atoms with van der Waals surface area (Å²) in [6.45, 7) is 1.56. The molecule has 0 amide bonds. The summed E-state index contributed by atoms with van der Waals surface area (Å²) in [6.07, 6.45) is 0. The Morgan fingerprint density at radius 2 is 1.87 bits per heavy atom. The molecule has 0 saturated carbocycles. The van der Waals surface area contributed by atoms with Crippen molar-refractivity contribution in [3.63, 3.8) is 0 Å². The Morgan fingerprint density at radius 3 is 2.52 bits per heavy atom. The average molecular weight is 548 g/mol. The number of aromatic nitrogens is 2. The van der Waals surface area contributed by atoms with Gasteiger partial charge in [-0.3, -0.25) is 4.79 Å². The minimum absolute atomic E-state index is 0.00446. The molecule has 0 aliphatic rings. The lowest BCUT2D eigenvalue weighted by Gasteiger charge is -2.13. The van der Waals surface area contributed by atoms with Crippen LogP contribution < -0.4 is 9.74 Å². The zero-order chi connectivity index (χ0) is 22.8. The molecule has 2 aromatic carbocycles. The summed E-state index contributed by atoms with van der Waals surface area (Å²) in [5, 5.41) is 4.11. The molecule has 0 N–H and O–H groups in total. The number of esters is 1. The lowest BCUT2D eigenvalue weighted by molar-refractivity contribution is 0.0515. The van der Waals surface area contributed by atoms with Gasteiger partial charge in [0.2, 0.25) is 5.69 Å². The van der Waals surface area contributed by atoms with Gasteiger partial charge < -0.3 is 8.92 Å². The number of rotatable bonds is 6. The minimum atomic E-state index is -4.47. The van der Waals surface area contributed by atoms with Gasteiger partial charge in [0.05, 0.1) is 28.4 Å². The van der Waals surface area contributed by atoms with Gasteiger partial charge in [-0.2, -0.15) is 18.2 Å². The lowest BCUT2D eigenvalue weighted by atomic mass is 10.3. The third kappa shape index (κ3) is 5.27. The van der Waals surface area contributed by atoms with Crippen molar-refractivity contribution in [2.75, 3.05) is 6.61 Å². The van der Waals surface area contributed by atoms with Crippen LogP contribution in [-0.4, -0.2) is 30.8 Å². The van der Waals surface area contributed by atoms with Gasteiger partial charge in [-0.05, 0) is 43.3 Å². The number of halogens is 3. The molecule has 0 unspecified atom stereocenters. The second-order valence-corrected chi connectivity index (χ2v) is 9.20. The zero-order valence-corrected chi connectivity index (χ0v) is 19.6. The highest BCUT2D eigenvalue weighted by Gasteiger charge is 2.26. The molecule has 3 rings (SSSR count). The number of carbonyl (C=O) groups excluding carboxylic acids is 1. The normalized spacial score (nSPS) is 11.2. The van der Waals surface area contributed by atoms with E-state index in [2.05, 4.69) is 21.0 Å². The Balaban J connectivity index is 2.12. The summed E-state index contributed by atoms with van der Waals surface area (Å²) in [7, 11) is -4.47. The number of benzene rings is 2. The van der Waals surface area contributed by atoms with E-state index in [-0.39, 0.29) is 21.5 Å². The lowest BCUT2D eigenvalue weighted by Crippen LogP contribution is -2.26. The van der Waals surface area contributed by atoms with Crippen LogP contribution in [-0.2, 0) is 14.9 Å². The van der Waals surface area contributed by atoms with E-state index in [0.717, 1.165) is 16.8 Å². The third-order valence-corrected chi connectivity index (χ3v) is 6.26. The first kappa shape index (κ1) is 23.3. The number of ether oxygens (including phenoxy) is 1. The van der Waals surface area contributed by atoms with E-state index in [1.54, 1.807) is 31.2 Å². The predicted octanol–water partition coefficient (Wildman–Crippen LogP) is 4.25. The van der Waals surface area contributed by atoms with E-state index < -0.39 is 33.1 Å². The van der Waals surface area contributed by atoms with Crippen molar-refractivity contribution in [2.24, 2.45) is 0 Å². The van der Waals surface area contributed by atoms with E-state index in [1.807, 2.05) is 0 Å². The molecule has 12 heteroatoms. The average Bonchev–Trinajstić information content (AvgIpc) is 2.70. The Bertz CT molecular complexity index is 1330. The Morgan fingerprint density at radius 1 is 1.13 bits per heavy atom. The van der Waals surface area contributed by atoms with Crippen LogP contribution >= 0.6 is 39.1 Å². The molecule has 3 aromatic rings. The standard InChI is InChI=1S/C19H13BrCl2N2O6S/c1-2-29-19(26)18-16(30-31(27,28)13-6-7-14(21)15(22)9-13)10-17(25)24(23-18)12-5-3-4-11(20)8-12/h3-10H,2H2,1H3. The highest BCUT2D eigenvalue weighted by Crippen LogP contribution is 2.27. The first-order valence-corrected chi connectivity index (χ1v) is 11.5. The van der Waals surface area contributed by atoms with E-state index in [4.69, 9.17) is 32.1 Å². The quantitative estimate of drug-likeness (QED) is 0.335. The number of hydrogen-bond acceptors (Lipinski definition) is 7. The van der Waals surface area contributed by atoms with Crippen LogP contribution in [0.1, 0.15) is 17.4 Å². The monoisotopic (exact) mass is 546 g/mol. The molecular weight excluding hydrogens is 535 g/mol. The van der Waals surface area contributed by atoms with Crippen molar-refractivity contribution in [3.8, 4) is 11.4 Å². The van der Waals surface area contributed by atoms with E-state index in [9.17, 15) is 18.0 Å². The highest BCUT2D eigenvalue weighted by molar-refractivity contribution is 9.10. The fraction of sp³-hybridized carbons (Fsp3) is 0.105. The summed E-state index contributed by atoms with van der Waals surface area (Å²) in [6, 6.07) is 10.9. The molecule has 0 radical (unpaired) electrons.